The van der Waals surface area contributed by atoms with Crippen molar-refractivity contribution in [2.75, 3.05) is 0 Å². The Bertz CT molecular complexity index is 914. The number of rotatable bonds is 7. The van der Waals surface area contributed by atoms with Gasteiger partial charge in [-0.25, -0.2) is 9.97 Å². The van der Waals surface area contributed by atoms with Crippen LogP contribution in [0.3, 0.4) is 0 Å². The zero-order valence-electron chi connectivity index (χ0n) is 14.9. The standard InChI is InChI=1S/C19H23N3OS2/c1-4-17-20-14(11-24-17)12-25-19-21-16-8-6-5-7-15(16)18(23)22(19)10-9-13(2)3/h5-8,11,13H,4,9-10,12H2,1-3H3. The quantitative estimate of drug-likeness (QED) is 0.443. The predicted molar refractivity (Wildman–Crippen MR) is 107 cm³/mol. The molecule has 0 amide bonds. The summed E-state index contributed by atoms with van der Waals surface area (Å²) in [4.78, 5) is 22.3. The molecular formula is C19H23N3OS2. The highest BCUT2D eigenvalue weighted by Crippen LogP contribution is 2.24. The molecule has 132 valence electrons. The van der Waals surface area contributed by atoms with Crippen molar-refractivity contribution in [2.24, 2.45) is 5.92 Å². The first kappa shape index (κ1) is 18.1. The normalized spacial score (nSPS) is 11.5. The fraction of sp³-hybridized carbons (Fsp3) is 0.421. The van der Waals surface area contributed by atoms with Crippen molar-refractivity contribution in [3.8, 4) is 0 Å². The molecule has 0 fully saturated rings. The molecule has 6 heteroatoms. The van der Waals surface area contributed by atoms with Gasteiger partial charge in [0, 0.05) is 17.7 Å². The van der Waals surface area contributed by atoms with Gasteiger partial charge >= 0.3 is 0 Å². The SMILES string of the molecule is CCc1nc(CSc2nc3ccccc3c(=O)n2CCC(C)C)cs1. The van der Waals surface area contributed by atoms with Crippen LogP contribution in [0.4, 0.5) is 0 Å². The highest BCUT2D eigenvalue weighted by molar-refractivity contribution is 7.98. The van der Waals surface area contributed by atoms with Crippen LogP contribution in [0.15, 0.2) is 39.6 Å². The van der Waals surface area contributed by atoms with Gasteiger partial charge in [0.15, 0.2) is 5.16 Å². The Hall–Kier alpha value is -1.66. The summed E-state index contributed by atoms with van der Waals surface area (Å²) in [5.74, 6) is 1.28. The molecule has 25 heavy (non-hydrogen) atoms. The predicted octanol–water partition coefficient (Wildman–Crippen LogP) is 4.75. The minimum atomic E-state index is 0.0567. The lowest BCUT2D eigenvalue weighted by molar-refractivity contribution is 0.481. The first-order chi connectivity index (χ1) is 12.1. The van der Waals surface area contributed by atoms with Crippen LogP contribution in [0.2, 0.25) is 0 Å². The number of thiazole rings is 1. The summed E-state index contributed by atoms with van der Waals surface area (Å²) in [6, 6.07) is 7.59. The first-order valence-electron chi connectivity index (χ1n) is 8.64. The maximum atomic E-state index is 12.9. The molecule has 3 rings (SSSR count). The van der Waals surface area contributed by atoms with Gasteiger partial charge in [0.1, 0.15) is 0 Å². The third kappa shape index (κ3) is 4.30. The van der Waals surface area contributed by atoms with E-state index < -0.39 is 0 Å². The Kier molecular flexibility index (Phi) is 5.91. The van der Waals surface area contributed by atoms with E-state index >= 15 is 0 Å². The topological polar surface area (TPSA) is 47.8 Å². The molecule has 0 unspecified atom stereocenters. The first-order valence-corrected chi connectivity index (χ1v) is 10.5. The minimum Gasteiger partial charge on any atom is -0.287 e. The number of fused-ring (bicyclic) bond motifs is 1. The Morgan fingerprint density at radius 3 is 2.76 bits per heavy atom. The summed E-state index contributed by atoms with van der Waals surface area (Å²) in [5.41, 5.74) is 1.88. The lowest BCUT2D eigenvalue weighted by atomic mass is 10.1. The summed E-state index contributed by atoms with van der Waals surface area (Å²) in [6.45, 7) is 7.17. The molecule has 2 heterocycles. The van der Waals surface area contributed by atoms with Crippen LogP contribution in [-0.4, -0.2) is 14.5 Å². The fourth-order valence-corrected chi connectivity index (χ4v) is 4.33. The van der Waals surface area contributed by atoms with Crippen molar-refractivity contribution < 1.29 is 0 Å². The van der Waals surface area contributed by atoms with Gasteiger partial charge in [0.05, 0.1) is 21.6 Å². The van der Waals surface area contributed by atoms with E-state index in [0.29, 0.717) is 17.8 Å². The number of para-hydroxylation sites is 1. The van der Waals surface area contributed by atoms with Crippen molar-refractivity contribution in [3.05, 3.63) is 50.7 Å². The van der Waals surface area contributed by atoms with E-state index in [1.807, 2.05) is 28.8 Å². The molecule has 0 radical (unpaired) electrons. The molecule has 2 aromatic heterocycles. The van der Waals surface area contributed by atoms with Gasteiger partial charge in [-0.15, -0.1) is 11.3 Å². The molecule has 4 nitrogen and oxygen atoms in total. The summed E-state index contributed by atoms with van der Waals surface area (Å²) in [5, 5.41) is 4.73. The zero-order valence-corrected chi connectivity index (χ0v) is 16.5. The molecule has 0 saturated carbocycles. The monoisotopic (exact) mass is 373 g/mol. The molecule has 0 N–H and O–H groups in total. The van der Waals surface area contributed by atoms with Gasteiger partial charge in [-0.1, -0.05) is 44.7 Å². The number of aromatic nitrogens is 3. The molecule has 0 spiro atoms. The van der Waals surface area contributed by atoms with Crippen LogP contribution < -0.4 is 5.56 Å². The largest absolute Gasteiger partial charge is 0.287 e. The van der Waals surface area contributed by atoms with Gasteiger partial charge in [-0.3, -0.25) is 9.36 Å². The molecule has 0 saturated heterocycles. The third-order valence-corrected chi connectivity index (χ3v) is 6.06. The van der Waals surface area contributed by atoms with Crippen LogP contribution >= 0.6 is 23.1 Å². The summed E-state index contributed by atoms with van der Waals surface area (Å²) in [7, 11) is 0. The second-order valence-corrected chi connectivity index (χ2v) is 8.31. The van der Waals surface area contributed by atoms with Crippen LogP contribution in [0.25, 0.3) is 10.9 Å². The number of nitrogens with zero attached hydrogens (tertiary/aromatic N) is 3. The van der Waals surface area contributed by atoms with Crippen molar-refractivity contribution >= 4 is 34.0 Å². The van der Waals surface area contributed by atoms with E-state index in [-0.39, 0.29) is 5.56 Å². The smallest absolute Gasteiger partial charge is 0.262 e. The van der Waals surface area contributed by atoms with Crippen molar-refractivity contribution in [1.29, 1.82) is 0 Å². The maximum Gasteiger partial charge on any atom is 0.262 e. The number of thioether (sulfide) groups is 1. The number of aryl methyl sites for hydroxylation is 1. The van der Waals surface area contributed by atoms with E-state index in [1.165, 1.54) is 0 Å². The van der Waals surface area contributed by atoms with E-state index in [4.69, 9.17) is 4.98 Å². The molecule has 3 aromatic rings. The lowest BCUT2D eigenvalue weighted by Crippen LogP contribution is -2.24. The summed E-state index contributed by atoms with van der Waals surface area (Å²) >= 11 is 3.30. The minimum absolute atomic E-state index is 0.0567. The molecule has 0 atom stereocenters. The maximum absolute atomic E-state index is 12.9. The van der Waals surface area contributed by atoms with Gasteiger partial charge in [-0.2, -0.15) is 0 Å². The molecular weight excluding hydrogens is 350 g/mol. The van der Waals surface area contributed by atoms with E-state index in [0.717, 1.165) is 40.0 Å². The highest BCUT2D eigenvalue weighted by Gasteiger charge is 2.13. The van der Waals surface area contributed by atoms with E-state index in [2.05, 4.69) is 31.1 Å². The second kappa shape index (κ2) is 8.15. The van der Waals surface area contributed by atoms with Crippen LogP contribution in [0.5, 0.6) is 0 Å². The molecule has 0 aliphatic heterocycles. The van der Waals surface area contributed by atoms with Crippen LogP contribution in [0.1, 0.15) is 37.9 Å². The zero-order chi connectivity index (χ0) is 17.8. The fourth-order valence-electron chi connectivity index (χ4n) is 2.56. The van der Waals surface area contributed by atoms with Gasteiger partial charge < -0.3 is 0 Å². The average molecular weight is 374 g/mol. The molecule has 1 aromatic carbocycles. The van der Waals surface area contributed by atoms with Crippen molar-refractivity contribution in [1.82, 2.24) is 14.5 Å². The summed E-state index contributed by atoms with van der Waals surface area (Å²) in [6.07, 6.45) is 1.92. The Balaban J connectivity index is 1.93. The van der Waals surface area contributed by atoms with Crippen LogP contribution in [-0.2, 0) is 18.7 Å². The van der Waals surface area contributed by atoms with Crippen molar-refractivity contribution in [2.45, 2.75) is 51.1 Å². The lowest BCUT2D eigenvalue weighted by Gasteiger charge is -2.14. The molecule has 0 bridgehead atoms. The average Bonchev–Trinajstić information content (AvgIpc) is 3.07. The Morgan fingerprint density at radius 1 is 1.24 bits per heavy atom. The number of hydrogen-bond donors (Lipinski definition) is 0. The van der Waals surface area contributed by atoms with Crippen LogP contribution in [0, 0.1) is 5.92 Å². The molecule has 0 aliphatic carbocycles. The third-order valence-electron chi connectivity index (χ3n) is 4.01. The Labute approximate surface area is 156 Å². The van der Waals surface area contributed by atoms with Gasteiger partial charge in [0.25, 0.3) is 5.56 Å². The number of hydrogen-bond acceptors (Lipinski definition) is 5. The molecule has 0 aliphatic rings. The van der Waals surface area contributed by atoms with E-state index in [9.17, 15) is 4.79 Å². The Morgan fingerprint density at radius 2 is 2.04 bits per heavy atom. The second-order valence-electron chi connectivity index (χ2n) is 6.43. The van der Waals surface area contributed by atoms with E-state index in [1.54, 1.807) is 23.1 Å². The van der Waals surface area contributed by atoms with Gasteiger partial charge in [-0.05, 0) is 30.9 Å². The van der Waals surface area contributed by atoms with Crippen molar-refractivity contribution in [3.63, 3.8) is 0 Å². The van der Waals surface area contributed by atoms with Gasteiger partial charge in [0.2, 0.25) is 0 Å². The summed E-state index contributed by atoms with van der Waals surface area (Å²) < 4.78 is 1.83. The highest BCUT2D eigenvalue weighted by atomic mass is 32.2. The number of benzene rings is 1.